The van der Waals surface area contributed by atoms with Crippen molar-refractivity contribution in [1.29, 1.82) is 0 Å². The summed E-state index contributed by atoms with van der Waals surface area (Å²) in [5, 5.41) is 0.849. The molecule has 1 aromatic carbocycles. The van der Waals surface area contributed by atoms with Crippen molar-refractivity contribution in [2.75, 3.05) is 6.61 Å². The highest BCUT2D eigenvalue weighted by atomic mass is 35.5. The van der Waals surface area contributed by atoms with Crippen molar-refractivity contribution in [2.24, 2.45) is 0 Å². The summed E-state index contributed by atoms with van der Waals surface area (Å²) in [4.78, 5) is 23.3. The van der Waals surface area contributed by atoms with Gasteiger partial charge < -0.3 is 9.47 Å². The normalized spacial score (nSPS) is 10.6. The van der Waals surface area contributed by atoms with Crippen molar-refractivity contribution in [2.45, 2.75) is 71.1 Å². The van der Waals surface area contributed by atoms with Crippen LogP contribution in [0.15, 0.2) is 18.2 Å². The molecule has 4 nitrogen and oxygen atoms in total. The van der Waals surface area contributed by atoms with Crippen LogP contribution in [-0.2, 0) is 14.3 Å². The second-order valence-corrected chi connectivity index (χ2v) is 7.09. The van der Waals surface area contributed by atoms with Gasteiger partial charge in [0.05, 0.1) is 11.6 Å². The molecule has 1 aromatic rings. The lowest BCUT2D eigenvalue weighted by molar-refractivity contribution is -0.144. The Kier molecular flexibility index (Phi) is 12.2. The van der Waals surface area contributed by atoms with Crippen LogP contribution in [0.25, 0.3) is 0 Å². The molecule has 146 valence electrons. The van der Waals surface area contributed by atoms with Crippen molar-refractivity contribution < 1.29 is 19.1 Å². The molecule has 0 atom stereocenters. The topological polar surface area (TPSA) is 52.6 Å². The van der Waals surface area contributed by atoms with Gasteiger partial charge in [-0.25, -0.2) is 0 Å². The number of ether oxygens (including phenoxy) is 2. The number of halogens is 2. The smallest absolute Gasteiger partial charge is 0.311 e. The molecule has 0 heterocycles. The second kappa shape index (κ2) is 13.9. The summed E-state index contributed by atoms with van der Waals surface area (Å²) in [6, 6.07) is 4.78. The molecule has 0 saturated heterocycles. The molecule has 0 N–H and O–H groups in total. The zero-order chi connectivity index (χ0) is 19.2. The maximum absolute atomic E-state index is 11.8. The monoisotopic (exact) mass is 402 g/mol. The Labute approximate surface area is 166 Å². The maximum Gasteiger partial charge on any atom is 0.311 e. The quantitative estimate of drug-likeness (QED) is 0.218. The van der Waals surface area contributed by atoms with Crippen LogP contribution in [0.3, 0.4) is 0 Å². The van der Waals surface area contributed by atoms with E-state index in [1.165, 1.54) is 6.07 Å². The van der Waals surface area contributed by atoms with Crippen LogP contribution in [0.5, 0.6) is 5.75 Å². The van der Waals surface area contributed by atoms with Crippen LogP contribution in [0.4, 0.5) is 0 Å². The lowest BCUT2D eigenvalue weighted by Gasteiger charge is -2.07. The van der Waals surface area contributed by atoms with E-state index in [0.29, 0.717) is 35.2 Å². The lowest BCUT2D eigenvalue weighted by atomic mass is 10.1. The van der Waals surface area contributed by atoms with Crippen LogP contribution in [0, 0.1) is 0 Å². The van der Waals surface area contributed by atoms with E-state index >= 15 is 0 Å². The molecule has 0 radical (unpaired) electrons. The van der Waals surface area contributed by atoms with Crippen molar-refractivity contribution in [3.8, 4) is 5.75 Å². The van der Waals surface area contributed by atoms with Gasteiger partial charge in [-0.1, -0.05) is 62.2 Å². The maximum atomic E-state index is 11.8. The van der Waals surface area contributed by atoms with Crippen molar-refractivity contribution >= 4 is 35.1 Å². The Hall–Kier alpha value is -1.26. The molecular weight excluding hydrogens is 375 g/mol. The van der Waals surface area contributed by atoms with E-state index in [-0.39, 0.29) is 11.9 Å². The summed E-state index contributed by atoms with van der Waals surface area (Å²) in [6.45, 7) is 2.60. The average molecular weight is 403 g/mol. The standard InChI is InChI=1S/C20H28Cl2O4/c1-2-3-14-25-19(23)10-8-6-4-5-7-9-11-20(24)26-18-15-16(21)12-13-17(18)22/h12-13,15H,2-11,14H2,1H3. The van der Waals surface area contributed by atoms with Gasteiger partial charge in [0.2, 0.25) is 0 Å². The second-order valence-electron chi connectivity index (χ2n) is 6.24. The summed E-state index contributed by atoms with van der Waals surface area (Å²) in [5.41, 5.74) is 0. The predicted molar refractivity (Wildman–Crippen MR) is 105 cm³/mol. The lowest BCUT2D eigenvalue weighted by Crippen LogP contribution is -2.07. The first-order valence-electron chi connectivity index (χ1n) is 9.34. The molecule has 1 rings (SSSR count). The zero-order valence-corrected chi connectivity index (χ0v) is 16.9. The fourth-order valence-electron chi connectivity index (χ4n) is 2.38. The number of carbonyl (C=O) groups excluding carboxylic acids is 2. The first-order valence-corrected chi connectivity index (χ1v) is 10.1. The molecular formula is C20H28Cl2O4. The first kappa shape index (κ1) is 22.8. The SMILES string of the molecule is CCCCOC(=O)CCCCCCCCC(=O)Oc1cc(Cl)ccc1Cl. The molecule has 0 bridgehead atoms. The van der Waals surface area contributed by atoms with Gasteiger partial charge in [-0.05, 0) is 31.4 Å². The number of esters is 2. The van der Waals surface area contributed by atoms with Gasteiger partial charge in [0.15, 0.2) is 5.75 Å². The van der Waals surface area contributed by atoms with E-state index in [4.69, 9.17) is 32.7 Å². The zero-order valence-electron chi connectivity index (χ0n) is 15.4. The fraction of sp³-hybridized carbons (Fsp3) is 0.600. The predicted octanol–water partition coefficient (Wildman–Crippen LogP) is 6.36. The number of benzene rings is 1. The van der Waals surface area contributed by atoms with Crippen molar-refractivity contribution in [3.05, 3.63) is 28.2 Å². The van der Waals surface area contributed by atoms with Crippen LogP contribution >= 0.6 is 23.2 Å². The van der Waals surface area contributed by atoms with Crippen LogP contribution in [0.1, 0.15) is 71.1 Å². The van der Waals surface area contributed by atoms with Crippen LogP contribution < -0.4 is 4.74 Å². The number of carbonyl (C=O) groups is 2. The Morgan fingerprint density at radius 2 is 1.50 bits per heavy atom. The van der Waals surface area contributed by atoms with Gasteiger partial charge in [0, 0.05) is 23.9 Å². The molecule has 0 fully saturated rings. The molecule has 0 unspecified atom stereocenters. The summed E-state index contributed by atoms with van der Waals surface area (Å²) < 4.78 is 10.3. The van der Waals surface area contributed by atoms with E-state index in [1.807, 2.05) is 0 Å². The first-order chi connectivity index (χ1) is 12.5. The van der Waals surface area contributed by atoms with E-state index in [9.17, 15) is 9.59 Å². The highest BCUT2D eigenvalue weighted by molar-refractivity contribution is 6.34. The molecule has 26 heavy (non-hydrogen) atoms. The van der Waals surface area contributed by atoms with Crippen molar-refractivity contribution in [1.82, 2.24) is 0 Å². The summed E-state index contributed by atoms with van der Waals surface area (Å²) in [5.74, 6) is -0.0974. The fourth-order valence-corrected chi connectivity index (χ4v) is 2.70. The molecule has 0 aliphatic carbocycles. The molecule has 0 amide bonds. The molecule has 0 aliphatic rings. The molecule has 0 aliphatic heterocycles. The third kappa shape index (κ3) is 10.7. The molecule has 6 heteroatoms. The summed E-state index contributed by atoms with van der Waals surface area (Å²) in [7, 11) is 0. The molecule has 0 spiro atoms. The summed E-state index contributed by atoms with van der Waals surface area (Å²) in [6.07, 6.45) is 8.50. The van der Waals surface area contributed by atoms with Gasteiger partial charge in [-0.2, -0.15) is 0 Å². The average Bonchev–Trinajstić information content (AvgIpc) is 2.60. The Balaban J connectivity index is 2.01. The third-order valence-electron chi connectivity index (χ3n) is 3.89. The largest absolute Gasteiger partial charge is 0.466 e. The van der Waals surface area contributed by atoms with E-state index in [2.05, 4.69) is 6.92 Å². The Bertz CT molecular complexity index is 561. The van der Waals surface area contributed by atoms with Crippen LogP contribution in [0.2, 0.25) is 10.0 Å². The van der Waals surface area contributed by atoms with Gasteiger partial charge in [0.25, 0.3) is 0 Å². The van der Waals surface area contributed by atoms with E-state index in [0.717, 1.165) is 51.4 Å². The van der Waals surface area contributed by atoms with E-state index in [1.54, 1.807) is 12.1 Å². The minimum atomic E-state index is -0.302. The van der Waals surface area contributed by atoms with E-state index < -0.39 is 0 Å². The molecule has 0 saturated carbocycles. The Morgan fingerprint density at radius 1 is 0.885 bits per heavy atom. The van der Waals surface area contributed by atoms with Gasteiger partial charge in [-0.3, -0.25) is 9.59 Å². The number of rotatable bonds is 13. The van der Waals surface area contributed by atoms with Crippen molar-refractivity contribution in [3.63, 3.8) is 0 Å². The highest BCUT2D eigenvalue weighted by Gasteiger charge is 2.09. The van der Waals surface area contributed by atoms with Crippen LogP contribution in [-0.4, -0.2) is 18.5 Å². The van der Waals surface area contributed by atoms with Gasteiger partial charge >= 0.3 is 11.9 Å². The number of hydrogen-bond acceptors (Lipinski definition) is 4. The number of unbranched alkanes of at least 4 members (excludes halogenated alkanes) is 6. The number of hydrogen-bond donors (Lipinski definition) is 0. The highest BCUT2D eigenvalue weighted by Crippen LogP contribution is 2.28. The molecule has 0 aromatic heterocycles. The third-order valence-corrected chi connectivity index (χ3v) is 4.44. The van der Waals surface area contributed by atoms with Gasteiger partial charge in [-0.15, -0.1) is 0 Å². The minimum Gasteiger partial charge on any atom is -0.466 e. The minimum absolute atomic E-state index is 0.0964. The Morgan fingerprint density at radius 3 is 2.15 bits per heavy atom. The summed E-state index contributed by atoms with van der Waals surface area (Å²) >= 11 is 11.8. The van der Waals surface area contributed by atoms with Gasteiger partial charge in [0.1, 0.15) is 0 Å².